The first-order chi connectivity index (χ1) is 11.4. The second kappa shape index (κ2) is 6.48. The van der Waals surface area contributed by atoms with Gasteiger partial charge in [0.2, 0.25) is 0 Å². The Kier molecular flexibility index (Phi) is 4.70. The van der Waals surface area contributed by atoms with Gasteiger partial charge in [-0.3, -0.25) is 0 Å². The van der Waals surface area contributed by atoms with Crippen molar-refractivity contribution in [2.24, 2.45) is 5.92 Å². The summed E-state index contributed by atoms with van der Waals surface area (Å²) < 4.78 is 13.9. The summed E-state index contributed by atoms with van der Waals surface area (Å²) in [5, 5.41) is 15.4. The molecule has 3 heterocycles. The Labute approximate surface area is 145 Å². The molecular weight excluding hydrogens is 326 g/mol. The van der Waals surface area contributed by atoms with E-state index in [4.69, 9.17) is 9.47 Å². The molecule has 130 valence electrons. The van der Waals surface area contributed by atoms with Gasteiger partial charge in [0.1, 0.15) is 17.5 Å². The van der Waals surface area contributed by atoms with Crippen molar-refractivity contribution in [2.75, 3.05) is 6.26 Å². The van der Waals surface area contributed by atoms with Gasteiger partial charge in [-0.1, -0.05) is 13.0 Å². The van der Waals surface area contributed by atoms with Gasteiger partial charge in [-0.2, -0.15) is 5.10 Å². The van der Waals surface area contributed by atoms with Crippen LogP contribution in [0.3, 0.4) is 0 Å². The molecule has 7 heteroatoms. The van der Waals surface area contributed by atoms with E-state index in [0.29, 0.717) is 0 Å². The minimum atomic E-state index is -1.25. The number of fused-ring (bicyclic) bond motifs is 1. The fraction of sp³-hybridized carbons (Fsp3) is 0.529. The molecule has 1 saturated heterocycles. The lowest BCUT2D eigenvalue weighted by molar-refractivity contribution is -0.221. The SMILES string of the molecule is C=C[C@H]1O[C@@H](c2ccc3c(SC)ncnn23)[C@H](OC(C)(C)O)[C@@H]1C. The van der Waals surface area contributed by atoms with Crippen LogP contribution in [0.1, 0.15) is 32.6 Å². The van der Waals surface area contributed by atoms with Crippen molar-refractivity contribution in [3.63, 3.8) is 0 Å². The number of thioether (sulfide) groups is 1. The highest BCUT2D eigenvalue weighted by molar-refractivity contribution is 7.98. The molecule has 0 saturated carbocycles. The normalized spacial score (nSPS) is 27.7. The Morgan fingerprint density at radius 2 is 2.21 bits per heavy atom. The lowest BCUT2D eigenvalue weighted by Gasteiger charge is -2.28. The topological polar surface area (TPSA) is 68.9 Å². The molecule has 0 bridgehead atoms. The Morgan fingerprint density at radius 3 is 2.83 bits per heavy atom. The van der Waals surface area contributed by atoms with E-state index in [2.05, 4.69) is 16.7 Å². The molecular formula is C17H23N3O3S. The first-order valence-electron chi connectivity index (χ1n) is 7.90. The lowest BCUT2D eigenvalue weighted by Crippen LogP contribution is -2.35. The highest BCUT2D eigenvalue weighted by atomic mass is 32.2. The largest absolute Gasteiger partial charge is 0.366 e. The van der Waals surface area contributed by atoms with E-state index in [-0.39, 0.29) is 24.2 Å². The predicted octanol–water partition coefficient (Wildman–Crippen LogP) is 2.83. The van der Waals surface area contributed by atoms with Gasteiger partial charge in [0.25, 0.3) is 0 Å². The van der Waals surface area contributed by atoms with Gasteiger partial charge in [0.15, 0.2) is 5.79 Å². The van der Waals surface area contributed by atoms with Crippen LogP contribution in [0.2, 0.25) is 0 Å². The third-order valence-electron chi connectivity index (χ3n) is 4.23. The zero-order chi connectivity index (χ0) is 17.5. The van der Waals surface area contributed by atoms with Crippen LogP contribution in [0.4, 0.5) is 0 Å². The zero-order valence-corrected chi connectivity index (χ0v) is 15.2. The van der Waals surface area contributed by atoms with E-state index in [0.717, 1.165) is 16.2 Å². The van der Waals surface area contributed by atoms with Gasteiger partial charge in [-0.15, -0.1) is 18.3 Å². The van der Waals surface area contributed by atoms with Crippen LogP contribution in [0.15, 0.2) is 36.1 Å². The lowest BCUT2D eigenvalue weighted by atomic mass is 9.96. The van der Waals surface area contributed by atoms with Gasteiger partial charge < -0.3 is 14.6 Å². The minimum absolute atomic E-state index is 0.0614. The molecule has 1 aliphatic rings. The maximum absolute atomic E-state index is 10.1. The maximum atomic E-state index is 10.1. The second-order valence-corrected chi connectivity index (χ2v) is 7.26. The smallest absolute Gasteiger partial charge is 0.160 e. The summed E-state index contributed by atoms with van der Waals surface area (Å²) in [6, 6.07) is 3.96. The van der Waals surface area contributed by atoms with Crippen LogP contribution in [0.25, 0.3) is 5.52 Å². The van der Waals surface area contributed by atoms with E-state index < -0.39 is 5.79 Å². The molecule has 4 atom stereocenters. The monoisotopic (exact) mass is 349 g/mol. The van der Waals surface area contributed by atoms with Crippen molar-refractivity contribution in [1.29, 1.82) is 0 Å². The summed E-state index contributed by atoms with van der Waals surface area (Å²) in [4.78, 5) is 4.29. The van der Waals surface area contributed by atoms with Crippen LogP contribution in [-0.2, 0) is 9.47 Å². The number of aromatic nitrogens is 3. The summed E-state index contributed by atoms with van der Waals surface area (Å²) in [6.07, 6.45) is 4.51. The molecule has 1 N–H and O–H groups in total. The molecule has 0 spiro atoms. The Morgan fingerprint density at radius 1 is 1.46 bits per heavy atom. The van der Waals surface area contributed by atoms with Gasteiger partial charge >= 0.3 is 0 Å². The van der Waals surface area contributed by atoms with Crippen LogP contribution >= 0.6 is 11.8 Å². The molecule has 6 nitrogen and oxygen atoms in total. The molecule has 2 aromatic rings. The number of nitrogens with zero attached hydrogens (tertiary/aromatic N) is 3. The third-order valence-corrected chi connectivity index (χ3v) is 4.93. The van der Waals surface area contributed by atoms with E-state index in [1.165, 1.54) is 6.33 Å². The standard InChI is InChI=1S/C17H23N3O3S/c1-6-13-10(2)14(23-17(3,4)21)15(22-13)11-7-8-12-16(24-5)18-9-19-20(11)12/h6-10,13-15,21H,1H2,2-5H3/t10-,13-,14-,15+/m1/s1. The number of ether oxygens (including phenoxy) is 2. The average molecular weight is 349 g/mol. The number of rotatable bonds is 5. The van der Waals surface area contributed by atoms with Gasteiger partial charge in [0, 0.05) is 5.92 Å². The molecule has 1 fully saturated rings. The fourth-order valence-corrected chi connectivity index (χ4v) is 3.66. The number of hydrogen-bond acceptors (Lipinski definition) is 6. The molecule has 0 aromatic carbocycles. The molecule has 0 amide bonds. The predicted molar refractivity (Wildman–Crippen MR) is 92.9 cm³/mol. The summed E-state index contributed by atoms with van der Waals surface area (Å²) >= 11 is 1.57. The van der Waals surface area contributed by atoms with E-state index >= 15 is 0 Å². The second-order valence-electron chi connectivity index (χ2n) is 6.47. The molecule has 3 rings (SSSR count). The van der Waals surface area contributed by atoms with E-state index in [9.17, 15) is 5.11 Å². The quantitative estimate of drug-likeness (QED) is 0.509. The summed E-state index contributed by atoms with van der Waals surface area (Å²) in [5.74, 6) is -1.19. The van der Waals surface area contributed by atoms with Crippen molar-refractivity contribution in [3.8, 4) is 0 Å². The first-order valence-corrected chi connectivity index (χ1v) is 9.13. The minimum Gasteiger partial charge on any atom is -0.366 e. The summed E-state index contributed by atoms with van der Waals surface area (Å²) in [6.45, 7) is 9.15. The first kappa shape index (κ1) is 17.4. The molecule has 1 aliphatic heterocycles. The van der Waals surface area contributed by atoms with Crippen LogP contribution in [0.5, 0.6) is 0 Å². The van der Waals surface area contributed by atoms with Crippen molar-refractivity contribution < 1.29 is 14.6 Å². The van der Waals surface area contributed by atoms with Gasteiger partial charge in [-0.05, 0) is 32.2 Å². The van der Waals surface area contributed by atoms with Gasteiger partial charge in [-0.25, -0.2) is 9.50 Å². The maximum Gasteiger partial charge on any atom is 0.160 e. The Bertz CT molecular complexity index is 740. The summed E-state index contributed by atoms with van der Waals surface area (Å²) in [7, 11) is 0. The molecule has 2 aromatic heterocycles. The van der Waals surface area contributed by atoms with Crippen molar-refractivity contribution >= 4 is 17.3 Å². The third kappa shape index (κ3) is 3.09. The van der Waals surface area contributed by atoms with Crippen LogP contribution in [-0.4, -0.2) is 44.0 Å². The Hall–Kier alpha value is -1.41. The molecule has 24 heavy (non-hydrogen) atoms. The molecule has 0 radical (unpaired) electrons. The molecule has 0 aliphatic carbocycles. The van der Waals surface area contributed by atoms with Crippen molar-refractivity contribution in [3.05, 3.63) is 36.8 Å². The molecule has 0 unspecified atom stereocenters. The number of aliphatic hydroxyl groups is 1. The highest BCUT2D eigenvalue weighted by Crippen LogP contribution is 2.41. The van der Waals surface area contributed by atoms with Crippen molar-refractivity contribution in [2.45, 2.75) is 49.9 Å². The Balaban J connectivity index is 2.04. The summed E-state index contributed by atoms with van der Waals surface area (Å²) in [5.41, 5.74) is 1.81. The van der Waals surface area contributed by atoms with Crippen LogP contribution < -0.4 is 0 Å². The number of hydrogen-bond donors (Lipinski definition) is 1. The van der Waals surface area contributed by atoms with E-state index in [1.54, 1.807) is 31.7 Å². The fourth-order valence-electron chi connectivity index (χ4n) is 3.15. The van der Waals surface area contributed by atoms with E-state index in [1.807, 2.05) is 29.8 Å². The van der Waals surface area contributed by atoms with Gasteiger partial charge in [0.05, 0.1) is 23.4 Å². The van der Waals surface area contributed by atoms with Crippen LogP contribution in [0, 0.1) is 5.92 Å². The highest BCUT2D eigenvalue weighted by Gasteiger charge is 2.45. The average Bonchev–Trinajstić information content (AvgIpc) is 3.08. The zero-order valence-electron chi connectivity index (χ0n) is 14.3. The van der Waals surface area contributed by atoms with Crippen molar-refractivity contribution in [1.82, 2.24) is 14.6 Å².